The minimum absolute atomic E-state index is 0.0620. The number of carboxylic acid groups (broad SMARTS) is 1. The molecule has 1 atom stereocenters. The van der Waals surface area contributed by atoms with Crippen LogP contribution in [0.2, 0.25) is 0 Å². The van der Waals surface area contributed by atoms with Crippen LogP contribution in [0.4, 0.5) is 0 Å². The van der Waals surface area contributed by atoms with Crippen LogP contribution in [0.5, 0.6) is 0 Å². The summed E-state index contributed by atoms with van der Waals surface area (Å²) >= 11 is 0. The van der Waals surface area contributed by atoms with Crippen molar-refractivity contribution in [2.45, 2.75) is 26.3 Å². The lowest BCUT2D eigenvalue weighted by Gasteiger charge is -2.35. The van der Waals surface area contributed by atoms with Gasteiger partial charge in [-0.2, -0.15) is 0 Å². The van der Waals surface area contributed by atoms with E-state index in [1.54, 1.807) is 0 Å². The van der Waals surface area contributed by atoms with Gasteiger partial charge in [0, 0.05) is 19.1 Å². The molecule has 1 fully saturated rings. The fraction of sp³-hybridized carbons (Fsp3) is 0.900. The van der Waals surface area contributed by atoms with Gasteiger partial charge in [-0.05, 0) is 5.92 Å². The van der Waals surface area contributed by atoms with Crippen molar-refractivity contribution < 1.29 is 18.3 Å². The van der Waals surface area contributed by atoms with E-state index in [4.69, 9.17) is 5.11 Å². The Labute approximate surface area is 96.4 Å². The molecule has 5 nitrogen and oxygen atoms in total. The molecule has 1 rings (SSSR count). The molecule has 1 aliphatic heterocycles. The lowest BCUT2D eigenvalue weighted by atomic mass is 9.99. The van der Waals surface area contributed by atoms with Gasteiger partial charge in [-0.25, -0.2) is 8.42 Å². The van der Waals surface area contributed by atoms with Gasteiger partial charge in [0.1, 0.15) is 0 Å². The molecular formula is C10H19NO4S. The molecule has 0 aromatic rings. The first-order chi connectivity index (χ1) is 7.32. The van der Waals surface area contributed by atoms with E-state index in [2.05, 4.69) is 0 Å². The molecule has 1 heterocycles. The third kappa shape index (κ3) is 3.75. The molecule has 0 saturated carbocycles. The highest BCUT2D eigenvalue weighted by Crippen LogP contribution is 2.17. The second kappa shape index (κ2) is 5.14. The SMILES string of the molecule is CC(C)C(CC(=O)O)N1CCS(=O)(=O)CC1. The van der Waals surface area contributed by atoms with Crippen LogP contribution in [0.15, 0.2) is 0 Å². The van der Waals surface area contributed by atoms with Crippen molar-refractivity contribution in [2.75, 3.05) is 24.6 Å². The average Bonchev–Trinajstić information content (AvgIpc) is 2.14. The van der Waals surface area contributed by atoms with E-state index in [0.29, 0.717) is 13.1 Å². The summed E-state index contributed by atoms with van der Waals surface area (Å²) in [6.45, 7) is 4.85. The molecule has 94 valence electrons. The number of carboxylic acids is 1. The van der Waals surface area contributed by atoms with Gasteiger partial charge in [0.2, 0.25) is 0 Å². The summed E-state index contributed by atoms with van der Waals surface area (Å²) in [5, 5.41) is 8.82. The number of rotatable bonds is 4. The molecule has 1 saturated heterocycles. The highest BCUT2D eigenvalue weighted by molar-refractivity contribution is 7.91. The van der Waals surface area contributed by atoms with Crippen molar-refractivity contribution in [3.63, 3.8) is 0 Å². The Kier molecular flexibility index (Phi) is 4.32. The van der Waals surface area contributed by atoms with Crippen molar-refractivity contribution in [1.29, 1.82) is 0 Å². The second-order valence-electron chi connectivity index (χ2n) is 4.60. The zero-order valence-electron chi connectivity index (χ0n) is 9.72. The number of sulfone groups is 1. The number of nitrogens with zero attached hydrogens (tertiary/aromatic N) is 1. The number of carbonyl (C=O) groups is 1. The summed E-state index contributed by atoms with van der Waals surface area (Å²) in [6.07, 6.45) is 0.0811. The van der Waals surface area contributed by atoms with Crippen LogP contribution in [0.25, 0.3) is 0 Å². The van der Waals surface area contributed by atoms with Gasteiger partial charge in [0.15, 0.2) is 9.84 Å². The molecule has 6 heteroatoms. The van der Waals surface area contributed by atoms with Crippen molar-refractivity contribution >= 4 is 15.8 Å². The summed E-state index contributed by atoms with van der Waals surface area (Å²) in [5.41, 5.74) is 0. The Morgan fingerprint density at radius 1 is 1.31 bits per heavy atom. The minimum atomic E-state index is -2.89. The third-order valence-corrected chi connectivity index (χ3v) is 4.61. The fourth-order valence-corrected chi connectivity index (χ4v) is 3.25. The lowest BCUT2D eigenvalue weighted by molar-refractivity contribution is -0.138. The van der Waals surface area contributed by atoms with Crippen LogP contribution < -0.4 is 0 Å². The second-order valence-corrected chi connectivity index (χ2v) is 6.90. The first-order valence-corrected chi connectivity index (χ1v) is 7.30. The quantitative estimate of drug-likeness (QED) is 0.771. The summed E-state index contributed by atoms with van der Waals surface area (Å²) in [4.78, 5) is 12.7. The molecule has 0 aromatic carbocycles. The van der Waals surface area contributed by atoms with Crippen molar-refractivity contribution in [3.8, 4) is 0 Å². The first kappa shape index (κ1) is 13.4. The van der Waals surface area contributed by atoms with Gasteiger partial charge in [-0.3, -0.25) is 9.69 Å². The Hall–Kier alpha value is -0.620. The maximum absolute atomic E-state index is 11.3. The van der Waals surface area contributed by atoms with Crippen LogP contribution in [-0.4, -0.2) is 55.0 Å². The Morgan fingerprint density at radius 3 is 2.19 bits per heavy atom. The average molecular weight is 249 g/mol. The summed E-state index contributed by atoms with van der Waals surface area (Å²) < 4.78 is 22.5. The van der Waals surface area contributed by atoms with Gasteiger partial charge in [-0.15, -0.1) is 0 Å². The standard InChI is InChI=1S/C10H19NO4S/c1-8(2)9(7-10(12)13)11-3-5-16(14,15)6-4-11/h8-9H,3-7H2,1-2H3,(H,12,13). The van der Waals surface area contributed by atoms with E-state index in [1.807, 2.05) is 18.7 Å². The molecule has 16 heavy (non-hydrogen) atoms. The van der Waals surface area contributed by atoms with Crippen LogP contribution >= 0.6 is 0 Å². The molecule has 1 unspecified atom stereocenters. The first-order valence-electron chi connectivity index (χ1n) is 5.48. The van der Waals surface area contributed by atoms with Crippen LogP contribution in [0.3, 0.4) is 0 Å². The number of aliphatic carboxylic acids is 1. The number of hydrogen-bond donors (Lipinski definition) is 1. The highest BCUT2D eigenvalue weighted by Gasteiger charge is 2.29. The van der Waals surface area contributed by atoms with Crippen molar-refractivity contribution in [2.24, 2.45) is 5.92 Å². The van der Waals surface area contributed by atoms with Crippen LogP contribution in [0, 0.1) is 5.92 Å². The maximum Gasteiger partial charge on any atom is 0.304 e. The van der Waals surface area contributed by atoms with Gasteiger partial charge in [0.25, 0.3) is 0 Å². The van der Waals surface area contributed by atoms with Gasteiger partial charge in [0.05, 0.1) is 17.9 Å². The highest BCUT2D eigenvalue weighted by atomic mass is 32.2. The zero-order valence-corrected chi connectivity index (χ0v) is 10.5. The van der Waals surface area contributed by atoms with E-state index < -0.39 is 15.8 Å². The minimum Gasteiger partial charge on any atom is -0.481 e. The van der Waals surface area contributed by atoms with Gasteiger partial charge >= 0.3 is 5.97 Å². The summed E-state index contributed by atoms with van der Waals surface area (Å²) in [7, 11) is -2.89. The molecule has 0 aromatic heterocycles. The van der Waals surface area contributed by atoms with E-state index in [9.17, 15) is 13.2 Å². The molecule has 0 spiro atoms. The molecule has 0 bridgehead atoms. The van der Waals surface area contributed by atoms with E-state index in [0.717, 1.165) is 0 Å². The monoisotopic (exact) mass is 249 g/mol. The normalized spacial score (nSPS) is 23.2. The largest absolute Gasteiger partial charge is 0.481 e. The Morgan fingerprint density at radius 2 is 1.81 bits per heavy atom. The van der Waals surface area contributed by atoms with E-state index in [1.165, 1.54) is 0 Å². The lowest BCUT2D eigenvalue weighted by Crippen LogP contribution is -2.48. The molecule has 1 aliphatic rings. The third-order valence-electron chi connectivity index (χ3n) is 3.00. The maximum atomic E-state index is 11.3. The number of hydrogen-bond acceptors (Lipinski definition) is 4. The molecule has 1 N–H and O–H groups in total. The molecular weight excluding hydrogens is 230 g/mol. The van der Waals surface area contributed by atoms with Gasteiger partial charge < -0.3 is 5.11 Å². The van der Waals surface area contributed by atoms with Crippen molar-refractivity contribution in [1.82, 2.24) is 4.90 Å². The topological polar surface area (TPSA) is 74.7 Å². The summed E-state index contributed by atoms with van der Waals surface area (Å²) in [6, 6.07) is -0.0620. The van der Waals surface area contributed by atoms with Crippen LogP contribution in [0.1, 0.15) is 20.3 Å². The Bertz CT molecular complexity index is 336. The molecule has 0 aliphatic carbocycles. The predicted octanol–water partition coefficient (Wildman–Crippen LogP) is 0.216. The zero-order chi connectivity index (χ0) is 12.3. The van der Waals surface area contributed by atoms with Crippen LogP contribution in [-0.2, 0) is 14.6 Å². The molecule has 0 amide bonds. The van der Waals surface area contributed by atoms with Gasteiger partial charge in [-0.1, -0.05) is 13.8 Å². The molecule has 0 radical (unpaired) electrons. The smallest absolute Gasteiger partial charge is 0.304 e. The predicted molar refractivity (Wildman–Crippen MR) is 61.1 cm³/mol. The Balaban J connectivity index is 2.63. The summed E-state index contributed by atoms with van der Waals surface area (Å²) in [5.74, 6) is -0.310. The van der Waals surface area contributed by atoms with Crippen molar-refractivity contribution in [3.05, 3.63) is 0 Å². The van der Waals surface area contributed by atoms with E-state index >= 15 is 0 Å². The fourth-order valence-electron chi connectivity index (χ4n) is 2.02. The van der Waals surface area contributed by atoms with E-state index in [-0.39, 0.29) is 29.9 Å².